The summed E-state index contributed by atoms with van der Waals surface area (Å²) in [5, 5.41) is 2.72. The summed E-state index contributed by atoms with van der Waals surface area (Å²) in [6, 6.07) is 9.60. The lowest BCUT2D eigenvalue weighted by Gasteiger charge is -2.04. The normalized spacial score (nSPS) is 12.1. The molecule has 0 heterocycles. The molecule has 1 aromatic rings. The van der Waals surface area contributed by atoms with Crippen LogP contribution >= 0.6 is 0 Å². The van der Waals surface area contributed by atoms with Crippen LogP contribution in [0.5, 0.6) is 0 Å². The predicted molar refractivity (Wildman–Crippen MR) is 65.2 cm³/mol. The van der Waals surface area contributed by atoms with Gasteiger partial charge in [0, 0.05) is 29.6 Å². The average molecular weight is 240 g/mol. The Kier molecular flexibility index (Phi) is 5.74. The number of nitrogens with one attached hydrogen (secondary N) is 1. The van der Waals surface area contributed by atoms with Crippen LogP contribution in [0, 0.1) is 0 Å². The summed E-state index contributed by atoms with van der Waals surface area (Å²) in [7, 11) is -1.15. The smallest absolute Gasteiger partial charge is 0.232 e. The fraction of sp³-hybridized carbons (Fsp3) is 0.364. The third-order valence-corrected chi connectivity index (χ3v) is 3.25. The molecule has 1 unspecified atom stereocenters. The summed E-state index contributed by atoms with van der Waals surface area (Å²) in [6.07, 6.45) is 0. The number of carbonyl (C=O) groups is 1. The van der Waals surface area contributed by atoms with E-state index in [1.54, 1.807) is 0 Å². The molecule has 3 N–H and O–H groups in total. The third kappa shape index (κ3) is 5.04. The van der Waals surface area contributed by atoms with Gasteiger partial charge in [0.25, 0.3) is 0 Å². The molecule has 4 nitrogen and oxygen atoms in total. The van der Waals surface area contributed by atoms with E-state index in [0.29, 0.717) is 18.8 Å². The fourth-order valence-corrected chi connectivity index (χ4v) is 2.00. The van der Waals surface area contributed by atoms with Gasteiger partial charge in [0.1, 0.15) is 5.75 Å². The maximum atomic E-state index is 11.4. The van der Waals surface area contributed by atoms with Crippen LogP contribution in [0.3, 0.4) is 0 Å². The van der Waals surface area contributed by atoms with Gasteiger partial charge >= 0.3 is 0 Å². The molecule has 1 amide bonds. The third-order valence-electron chi connectivity index (χ3n) is 1.97. The number of hydrogen-bond acceptors (Lipinski definition) is 3. The van der Waals surface area contributed by atoms with E-state index in [9.17, 15) is 9.00 Å². The lowest BCUT2D eigenvalue weighted by atomic mass is 10.2. The zero-order chi connectivity index (χ0) is 11.8. The standard InChI is InChI=1S/C11H16N2O2S/c12-6-7-16(15)9-11(14)13-8-10-4-2-1-3-5-10/h1-5H,6-9,12H2,(H,13,14). The van der Waals surface area contributed by atoms with E-state index < -0.39 is 10.8 Å². The van der Waals surface area contributed by atoms with Gasteiger partial charge in [-0.25, -0.2) is 0 Å². The number of carbonyl (C=O) groups excluding carboxylic acids is 1. The van der Waals surface area contributed by atoms with Gasteiger partial charge in [-0.3, -0.25) is 9.00 Å². The first kappa shape index (κ1) is 12.9. The topological polar surface area (TPSA) is 72.2 Å². The predicted octanol–water partition coefficient (Wildman–Crippen LogP) is 0.0102. The average Bonchev–Trinajstić information content (AvgIpc) is 2.28. The summed E-state index contributed by atoms with van der Waals surface area (Å²) in [6.45, 7) is 0.818. The van der Waals surface area contributed by atoms with Gasteiger partial charge in [-0.2, -0.15) is 0 Å². The molecule has 0 saturated carbocycles. The van der Waals surface area contributed by atoms with Crippen molar-refractivity contribution in [2.24, 2.45) is 5.73 Å². The highest BCUT2D eigenvalue weighted by molar-refractivity contribution is 7.85. The fourth-order valence-electron chi connectivity index (χ4n) is 1.20. The van der Waals surface area contributed by atoms with Crippen LogP contribution in [0.1, 0.15) is 5.56 Å². The summed E-state index contributed by atoms with van der Waals surface area (Å²) < 4.78 is 11.2. The molecular formula is C11H16N2O2S. The van der Waals surface area contributed by atoms with E-state index in [1.807, 2.05) is 30.3 Å². The minimum atomic E-state index is -1.15. The molecular weight excluding hydrogens is 224 g/mol. The van der Waals surface area contributed by atoms with E-state index >= 15 is 0 Å². The Morgan fingerprint density at radius 2 is 2.00 bits per heavy atom. The monoisotopic (exact) mass is 240 g/mol. The Bertz CT molecular complexity index is 354. The zero-order valence-corrected chi connectivity index (χ0v) is 9.83. The minimum Gasteiger partial charge on any atom is -0.351 e. The SMILES string of the molecule is NCCS(=O)CC(=O)NCc1ccccc1. The Hall–Kier alpha value is -1.20. The quantitative estimate of drug-likeness (QED) is 0.736. The van der Waals surface area contributed by atoms with Crippen LogP contribution in [-0.4, -0.2) is 28.2 Å². The number of hydrogen-bond donors (Lipinski definition) is 2. The maximum absolute atomic E-state index is 11.4. The molecule has 0 aliphatic rings. The Morgan fingerprint density at radius 3 is 2.62 bits per heavy atom. The maximum Gasteiger partial charge on any atom is 0.232 e. The van der Waals surface area contributed by atoms with Crippen molar-refractivity contribution in [1.29, 1.82) is 0 Å². The molecule has 1 atom stereocenters. The van der Waals surface area contributed by atoms with Gasteiger partial charge in [0.05, 0.1) is 0 Å². The second-order valence-electron chi connectivity index (χ2n) is 3.34. The van der Waals surface area contributed by atoms with Crippen LogP contribution in [0.15, 0.2) is 30.3 Å². The Balaban J connectivity index is 2.28. The van der Waals surface area contributed by atoms with Crippen LogP contribution < -0.4 is 11.1 Å². The van der Waals surface area contributed by atoms with Crippen molar-refractivity contribution < 1.29 is 9.00 Å². The molecule has 5 heteroatoms. The first-order chi connectivity index (χ1) is 7.72. The van der Waals surface area contributed by atoms with Gasteiger partial charge in [0.15, 0.2) is 0 Å². The van der Waals surface area contributed by atoms with Gasteiger partial charge < -0.3 is 11.1 Å². The lowest BCUT2D eigenvalue weighted by Crippen LogP contribution is -2.29. The Labute approximate surface area is 97.7 Å². The lowest BCUT2D eigenvalue weighted by molar-refractivity contribution is -0.118. The van der Waals surface area contributed by atoms with Gasteiger partial charge in [-0.1, -0.05) is 30.3 Å². The first-order valence-electron chi connectivity index (χ1n) is 5.08. The van der Waals surface area contributed by atoms with Crippen molar-refractivity contribution in [2.75, 3.05) is 18.1 Å². The molecule has 1 aromatic carbocycles. The van der Waals surface area contributed by atoms with E-state index in [4.69, 9.17) is 5.73 Å². The van der Waals surface area contributed by atoms with Crippen LogP contribution in [-0.2, 0) is 22.1 Å². The minimum absolute atomic E-state index is 0.0318. The second-order valence-corrected chi connectivity index (χ2v) is 4.92. The highest BCUT2D eigenvalue weighted by atomic mass is 32.2. The summed E-state index contributed by atoms with van der Waals surface area (Å²) in [5.74, 6) is 0.207. The number of nitrogens with two attached hydrogens (primary N) is 1. The van der Waals surface area contributed by atoms with Gasteiger partial charge in [-0.15, -0.1) is 0 Å². The molecule has 0 bridgehead atoms. The van der Waals surface area contributed by atoms with E-state index in [0.717, 1.165) is 5.56 Å². The largest absolute Gasteiger partial charge is 0.351 e. The van der Waals surface area contributed by atoms with Gasteiger partial charge in [-0.05, 0) is 5.56 Å². The van der Waals surface area contributed by atoms with Crippen LogP contribution in [0.4, 0.5) is 0 Å². The van der Waals surface area contributed by atoms with Crippen molar-refractivity contribution in [3.8, 4) is 0 Å². The van der Waals surface area contributed by atoms with Crippen molar-refractivity contribution in [2.45, 2.75) is 6.54 Å². The van der Waals surface area contributed by atoms with Crippen molar-refractivity contribution in [1.82, 2.24) is 5.32 Å². The van der Waals surface area contributed by atoms with Crippen LogP contribution in [0.2, 0.25) is 0 Å². The van der Waals surface area contributed by atoms with Gasteiger partial charge in [0.2, 0.25) is 5.91 Å². The summed E-state index contributed by atoms with van der Waals surface area (Å²) in [4.78, 5) is 11.4. The molecule has 0 spiro atoms. The van der Waals surface area contributed by atoms with Crippen molar-refractivity contribution in [3.05, 3.63) is 35.9 Å². The highest BCUT2D eigenvalue weighted by Crippen LogP contribution is 1.97. The summed E-state index contributed by atoms with van der Waals surface area (Å²) >= 11 is 0. The zero-order valence-electron chi connectivity index (χ0n) is 9.02. The molecule has 16 heavy (non-hydrogen) atoms. The molecule has 88 valence electrons. The molecule has 0 saturated heterocycles. The molecule has 0 aliphatic heterocycles. The molecule has 0 fully saturated rings. The van der Waals surface area contributed by atoms with E-state index in [1.165, 1.54) is 0 Å². The van der Waals surface area contributed by atoms with Crippen molar-refractivity contribution in [3.63, 3.8) is 0 Å². The van der Waals surface area contributed by atoms with E-state index in [2.05, 4.69) is 5.32 Å². The summed E-state index contributed by atoms with van der Waals surface area (Å²) in [5.41, 5.74) is 6.27. The number of benzene rings is 1. The highest BCUT2D eigenvalue weighted by Gasteiger charge is 2.06. The number of rotatable bonds is 6. The van der Waals surface area contributed by atoms with Crippen molar-refractivity contribution >= 4 is 16.7 Å². The molecule has 0 radical (unpaired) electrons. The molecule has 0 aromatic heterocycles. The van der Waals surface area contributed by atoms with Crippen LogP contribution in [0.25, 0.3) is 0 Å². The Morgan fingerprint density at radius 1 is 1.31 bits per heavy atom. The second kappa shape index (κ2) is 7.14. The number of amides is 1. The van der Waals surface area contributed by atoms with E-state index in [-0.39, 0.29) is 11.7 Å². The molecule has 1 rings (SSSR count). The first-order valence-corrected chi connectivity index (χ1v) is 6.57. The molecule has 0 aliphatic carbocycles.